The van der Waals surface area contributed by atoms with Crippen LogP contribution in [-0.2, 0) is 16.8 Å². The fraction of sp³-hybridized carbons (Fsp3) is 0.455. The maximum absolute atomic E-state index is 12.3. The summed E-state index contributed by atoms with van der Waals surface area (Å²) >= 11 is 1.47. The zero-order valence-electron chi connectivity index (χ0n) is 18.2. The van der Waals surface area contributed by atoms with E-state index in [1.165, 1.54) is 22.2 Å². The van der Waals surface area contributed by atoms with Crippen LogP contribution in [0.3, 0.4) is 0 Å². The maximum Gasteiger partial charge on any atom is 0.325 e. The van der Waals surface area contributed by atoms with Crippen LogP contribution >= 0.6 is 11.8 Å². The number of carbonyl (C=O) groups excluding carboxylic acids is 2. The fourth-order valence-electron chi connectivity index (χ4n) is 3.27. The van der Waals surface area contributed by atoms with Gasteiger partial charge in [-0.2, -0.15) is 0 Å². The highest BCUT2D eigenvalue weighted by Gasteiger charge is 2.43. The van der Waals surface area contributed by atoms with E-state index in [4.69, 9.17) is 0 Å². The van der Waals surface area contributed by atoms with Crippen molar-refractivity contribution in [2.75, 3.05) is 12.3 Å². The molecular weight excluding hydrogens is 398 g/mol. The second-order valence-corrected chi connectivity index (χ2v) is 9.96. The zero-order chi connectivity index (χ0) is 22.1. The summed E-state index contributed by atoms with van der Waals surface area (Å²) in [6, 6.07) is 8.02. The van der Waals surface area contributed by atoms with Gasteiger partial charge in [-0.15, -0.1) is 16.8 Å². The summed E-state index contributed by atoms with van der Waals surface area (Å²) in [6.07, 6.45) is 1.81. The Labute approximate surface area is 181 Å². The average molecular weight is 428 g/mol. The highest BCUT2D eigenvalue weighted by Crippen LogP contribution is 2.28. The Morgan fingerprint density at radius 2 is 1.83 bits per heavy atom. The van der Waals surface area contributed by atoms with Gasteiger partial charge >= 0.3 is 6.03 Å². The van der Waals surface area contributed by atoms with E-state index < -0.39 is 5.54 Å². The molecule has 8 heteroatoms. The highest BCUT2D eigenvalue weighted by atomic mass is 32.2. The Morgan fingerprint density at radius 1 is 1.17 bits per heavy atom. The summed E-state index contributed by atoms with van der Waals surface area (Å²) in [4.78, 5) is 25.6. The van der Waals surface area contributed by atoms with Crippen LogP contribution in [0.4, 0.5) is 4.79 Å². The summed E-state index contributed by atoms with van der Waals surface area (Å²) in [7, 11) is 0. The average Bonchev–Trinajstić information content (AvgIpc) is 3.14. The molecule has 2 heterocycles. The third kappa shape index (κ3) is 4.43. The van der Waals surface area contributed by atoms with E-state index >= 15 is 0 Å². The molecule has 1 fully saturated rings. The number of hydrogen-bond acceptors (Lipinski definition) is 5. The Hall–Kier alpha value is -2.61. The Balaban J connectivity index is 1.74. The number of nitrogens with zero attached hydrogens (tertiary/aromatic N) is 4. The molecule has 3 rings (SSSR count). The molecule has 0 unspecified atom stereocenters. The number of imide groups is 1. The Morgan fingerprint density at radius 3 is 2.37 bits per heavy atom. The SMILES string of the molecule is C=CCn1c(SCCN2C(=O)NC(C)(C)C2=O)nnc1-c1ccc(C(C)(C)C)cc1. The smallest absolute Gasteiger partial charge is 0.324 e. The maximum atomic E-state index is 12.3. The van der Waals surface area contributed by atoms with Gasteiger partial charge in [0, 0.05) is 24.4 Å². The number of aromatic nitrogens is 3. The molecule has 1 aliphatic heterocycles. The van der Waals surface area contributed by atoms with Gasteiger partial charge in [-0.05, 0) is 24.8 Å². The van der Waals surface area contributed by atoms with Crippen LogP contribution in [0, 0.1) is 0 Å². The lowest BCUT2D eigenvalue weighted by Crippen LogP contribution is -2.40. The molecule has 1 aromatic heterocycles. The quantitative estimate of drug-likeness (QED) is 0.412. The van der Waals surface area contributed by atoms with Crippen molar-refractivity contribution in [2.45, 2.75) is 57.3 Å². The molecule has 0 saturated carbocycles. The first kappa shape index (κ1) is 22.1. The summed E-state index contributed by atoms with van der Waals surface area (Å²) < 4.78 is 2.00. The van der Waals surface area contributed by atoms with E-state index in [0.717, 1.165) is 16.5 Å². The molecule has 0 bridgehead atoms. The molecule has 3 amide bonds. The highest BCUT2D eigenvalue weighted by molar-refractivity contribution is 7.99. The van der Waals surface area contributed by atoms with Gasteiger partial charge in [0.2, 0.25) is 0 Å². The lowest BCUT2D eigenvalue weighted by Gasteiger charge is -2.19. The number of hydrogen-bond donors (Lipinski definition) is 1. The van der Waals surface area contributed by atoms with Crippen molar-refractivity contribution in [3.63, 3.8) is 0 Å². The number of nitrogens with one attached hydrogen (secondary N) is 1. The molecule has 1 aliphatic rings. The number of amides is 3. The lowest BCUT2D eigenvalue weighted by molar-refractivity contribution is -0.130. The van der Waals surface area contributed by atoms with Gasteiger partial charge in [0.25, 0.3) is 5.91 Å². The molecular formula is C22H29N5O2S. The topological polar surface area (TPSA) is 80.1 Å². The normalized spacial score (nSPS) is 16.1. The summed E-state index contributed by atoms with van der Waals surface area (Å²) in [6.45, 7) is 14.7. The fourth-order valence-corrected chi connectivity index (χ4v) is 4.14. The zero-order valence-corrected chi connectivity index (χ0v) is 19.0. The number of carbonyl (C=O) groups is 2. The number of rotatable bonds is 7. The van der Waals surface area contributed by atoms with Gasteiger partial charge in [0.15, 0.2) is 11.0 Å². The second kappa shape index (κ2) is 8.26. The van der Waals surface area contributed by atoms with Crippen molar-refractivity contribution in [1.82, 2.24) is 25.0 Å². The van der Waals surface area contributed by atoms with E-state index in [2.05, 4.69) is 67.1 Å². The molecule has 30 heavy (non-hydrogen) atoms. The van der Waals surface area contributed by atoms with Crippen LogP contribution in [0.15, 0.2) is 42.1 Å². The number of thioether (sulfide) groups is 1. The first-order valence-electron chi connectivity index (χ1n) is 9.96. The van der Waals surface area contributed by atoms with Gasteiger partial charge in [-0.1, -0.05) is 62.9 Å². The van der Waals surface area contributed by atoms with E-state index in [0.29, 0.717) is 18.8 Å². The van der Waals surface area contributed by atoms with Gasteiger partial charge in [-0.3, -0.25) is 14.3 Å². The van der Waals surface area contributed by atoms with Crippen LogP contribution in [0.2, 0.25) is 0 Å². The van der Waals surface area contributed by atoms with Crippen LogP contribution in [-0.4, -0.2) is 49.4 Å². The molecule has 1 aromatic carbocycles. The summed E-state index contributed by atoms with van der Waals surface area (Å²) in [5.41, 5.74) is 1.48. The second-order valence-electron chi connectivity index (χ2n) is 8.89. The van der Waals surface area contributed by atoms with Crippen molar-refractivity contribution in [3.05, 3.63) is 42.5 Å². The molecule has 160 valence electrons. The van der Waals surface area contributed by atoms with Crippen molar-refractivity contribution < 1.29 is 9.59 Å². The van der Waals surface area contributed by atoms with E-state index in [1.54, 1.807) is 19.9 Å². The van der Waals surface area contributed by atoms with Gasteiger partial charge in [0.1, 0.15) is 5.54 Å². The van der Waals surface area contributed by atoms with Crippen molar-refractivity contribution in [3.8, 4) is 11.4 Å². The van der Waals surface area contributed by atoms with E-state index in [1.807, 2.05) is 4.57 Å². The minimum absolute atomic E-state index is 0.0855. The monoisotopic (exact) mass is 427 g/mol. The first-order chi connectivity index (χ1) is 14.0. The molecule has 0 radical (unpaired) electrons. The predicted octanol–water partition coefficient (Wildman–Crippen LogP) is 3.85. The van der Waals surface area contributed by atoms with Crippen LogP contribution in [0.1, 0.15) is 40.2 Å². The van der Waals surface area contributed by atoms with Crippen LogP contribution in [0.5, 0.6) is 0 Å². The standard InChI is InChI=1S/C22H29N5O2S/c1-7-12-26-17(15-8-10-16(11-9-15)21(2,3)4)24-25-20(26)30-14-13-27-18(28)22(5,6)23-19(27)29/h7-11H,1,12-14H2,2-6H3,(H,23,29). The molecule has 0 spiro atoms. The minimum Gasteiger partial charge on any atom is -0.324 e. The van der Waals surface area contributed by atoms with Gasteiger partial charge in [0.05, 0.1) is 0 Å². The van der Waals surface area contributed by atoms with Crippen molar-refractivity contribution >= 4 is 23.7 Å². The van der Waals surface area contributed by atoms with Gasteiger partial charge < -0.3 is 5.32 Å². The lowest BCUT2D eigenvalue weighted by atomic mass is 9.87. The molecule has 0 atom stereocenters. The number of urea groups is 1. The summed E-state index contributed by atoms with van der Waals surface area (Å²) in [5, 5.41) is 12.2. The number of allylic oxidation sites excluding steroid dienone is 1. The molecule has 1 N–H and O–H groups in total. The molecule has 1 saturated heterocycles. The molecule has 2 aromatic rings. The number of benzene rings is 1. The Bertz CT molecular complexity index is 957. The Kier molecular flexibility index (Phi) is 6.08. The van der Waals surface area contributed by atoms with Crippen molar-refractivity contribution in [2.24, 2.45) is 0 Å². The van der Waals surface area contributed by atoms with Crippen molar-refractivity contribution in [1.29, 1.82) is 0 Å². The van der Waals surface area contributed by atoms with Crippen LogP contribution < -0.4 is 5.32 Å². The third-order valence-corrected chi connectivity index (χ3v) is 5.98. The minimum atomic E-state index is -0.850. The largest absolute Gasteiger partial charge is 0.325 e. The van der Waals surface area contributed by atoms with Gasteiger partial charge in [-0.25, -0.2) is 4.79 Å². The first-order valence-corrected chi connectivity index (χ1v) is 10.9. The molecule has 0 aliphatic carbocycles. The predicted molar refractivity (Wildman–Crippen MR) is 119 cm³/mol. The van der Waals surface area contributed by atoms with E-state index in [9.17, 15) is 9.59 Å². The van der Waals surface area contributed by atoms with E-state index in [-0.39, 0.29) is 17.4 Å². The van der Waals surface area contributed by atoms with Crippen LogP contribution in [0.25, 0.3) is 11.4 Å². The summed E-state index contributed by atoms with van der Waals surface area (Å²) in [5.74, 6) is 1.10. The third-order valence-electron chi connectivity index (χ3n) is 5.03. The molecule has 7 nitrogen and oxygen atoms in total.